The normalized spacial score (nSPS) is 19.4. The average molecular weight is 495 g/mol. The molecule has 2 aliphatic heterocycles. The molecular formula is C28H32F2N4O2. The summed E-state index contributed by atoms with van der Waals surface area (Å²) in [6, 6.07) is 11.4. The Morgan fingerprint density at radius 2 is 1.75 bits per heavy atom. The highest BCUT2D eigenvalue weighted by molar-refractivity contribution is 5.91. The number of imidazole rings is 1. The number of carbonyl (C=O) groups is 1. The van der Waals surface area contributed by atoms with Crippen LogP contribution in [0.2, 0.25) is 0 Å². The maximum atomic E-state index is 13.4. The number of likely N-dealkylation sites (tertiary alicyclic amines) is 2. The number of aliphatic hydroxyl groups excluding tert-OH is 1. The van der Waals surface area contributed by atoms with E-state index in [1.165, 1.54) is 24.3 Å². The van der Waals surface area contributed by atoms with Gasteiger partial charge >= 0.3 is 0 Å². The van der Waals surface area contributed by atoms with Gasteiger partial charge in [-0.15, -0.1) is 0 Å². The fraction of sp³-hybridized carbons (Fsp3) is 0.429. The summed E-state index contributed by atoms with van der Waals surface area (Å²) in [7, 11) is 0. The minimum atomic E-state index is -0.667. The molecule has 0 aliphatic carbocycles. The Balaban J connectivity index is 1.13. The van der Waals surface area contributed by atoms with Crippen molar-refractivity contribution in [2.24, 2.45) is 5.92 Å². The molecule has 0 radical (unpaired) electrons. The molecule has 2 aromatic carbocycles. The van der Waals surface area contributed by atoms with E-state index in [1.54, 1.807) is 4.90 Å². The van der Waals surface area contributed by atoms with Gasteiger partial charge in [0.1, 0.15) is 17.5 Å². The number of carbonyl (C=O) groups excluding carboxylic acids is 1. The standard InChI is InChI=1S/C28H32F2N4O2/c29-22-15-19(16-23(30)17-22)5-6-27(36)34-13-7-20(8-14-34)26(18-35)33-11-9-21(10-12-33)28-31-24-3-1-2-4-25(24)32-28/h1-6,15-17,20-21,26,35H,7-14,18H2,(H,31,32). The third-order valence-electron chi connectivity index (χ3n) is 7.68. The zero-order chi connectivity index (χ0) is 25.1. The number of halogens is 2. The predicted molar refractivity (Wildman–Crippen MR) is 135 cm³/mol. The summed E-state index contributed by atoms with van der Waals surface area (Å²) >= 11 is 0. The van der Waals surface area contributed by atoms with Crippen LogP contribution in [0.25, 0.3) is 17.1 Å². The molecule has 8 heteroatoms. The van der Waals surface area contributed by atoms with Crippen molar-refractivity contribution >= 4 is 23.0 Å². The first-order valence-corrected chi connectivity index (χ1v) is 12.7. The fourth-order valence-corrected chi connectivity index (χ4v) is 5.68. The van der Waals surface area contributed by atoms with Gasteiger partial charge in [0.25, 0.3) is 0 Å². The lowest BCUT2D eigenvalue weighted by Crippen LogP contribution is -2.50. The van der Waals surface area contributed by atoms with Crippen molar-refractivity contribution in [3.63, 3.8) is 0 Å². The monoisotopic (exact) mass is 494 g/mol. The molecule has 36 heavy (non-hydrogen) atoms. The lowest BCUT2D eigenvalue weighted by molar-refractivity contribution is -0.127. The Hall–Kier alpha value is -3.10. The molecule has 2 saturated heterocycles. The molecule has 0 bridgehead atoms. The van der Waals surface area contributed by atoms with Crippen LogP contribution in [-0.2, 0) is 4.79 Å². The molecule has 0 saturated carbocycles. The van der Waals surface area contributed by atoms with E-state index >= 15 is 0 Å². The molecule has 1 amide bonds. The first-order chi connectivity index (χ1) is 17.5. The molecule has 3 aromatic rings. The topological polar surface area (TPSA) is 72.5 Å². The number of fused-ring (bicyclic) bond motifs is 1. The van der Waals surface area contributed by atoms with Gasteiger partial charge in [-0.2, -0.15) is 0 Å². The number of benzene rings is 2. The molecule has 0 spiro atoms. The van der Waals surface area contributed by atoms with E-state index in [0.717, 1.165) is 61.7 Å². The number of hydrogen-bond donors (Lipinski definition) is 2. The Bertz CT molecular complexity index is 1170. The third-order valence-corrected chi connectivity index (χ3v) is 7.68. The molecule has 5 rings (SSSR count). The SMILES string of the molecule is O=C(C=Cc1cc(F)cc(F)c1)N1CCC(C(CO)N2CCC(c3nc4ccccc4[nH]3)CC2)CC1. The van der Waals surface area contributed by atoms with Crippen molar-refractivity contribution in [1.29, 1.82) is 0 Å². The van der Waals surface area contributed by atoms with Crippen molar-refractivity contribution in [3.05, 3.63) is 71.6 Å². The Morgan fingerprint density at radius 3 is 2.42 bits per heavy atom. The van der Waals surface area contributed by atoms with E-state index in [0.29, 0.717) is 30.5 Å². The van der Waals surface area contributed by atoms with Crippen LogP contribution in [0.5, 0.6) is 0 Å². The number of aromatic nitrogens is 2. The highest BCUT2D eigenvalue weighted by Crippen LogP contribution is 2.32. The molecule has 190 valence electrons. The van der Waals surface area contributed by atoms with Crippen LogP contribution >= 0.6 is 0 Å². The molecule has 1 atom stereocenters. The van der Waals surface area contributed by atoms with Crippen LogP contribution in [0.15, 0.2) is 48.5 Å². The molecular weight excluding hydrogens is 462 g/mol. The number of para-hydroxylation sites is 2. The van der Waals surface area contributed by atoms with Crippen LogP contribution in [0.4, 0.5) is 8.78 Å². The van der Waals surface area contributed by atoms with E-state index in [1.807, 2.05) is 18.2 Å². The van der Waals surface area contributed by atoms with E-state index in [9.17, 15) is 18.7 Å². The first kappa shape index (κ1) is 24.6. The number of nitrogens with one attached hydrogen (secondary N) is 1. The minimum absolute atomic E-state index is 0.0877. The van der Waals surface area contributed by atoms with Crippen LogP contribution in [0.3, 0.4) is 0 Å². The van der Waals surface area contributed by atoms with Gasteiger partial charge in [0.15, 0.2) is 0 Å². The second-order valence-corrected chi connectivity index (χ2v) is 9.90. The van der Waals surface area contributed by atoms with Gasteiger partial charge in [-0.3, -0.25) is 9.69 Å². The van der Waals surface area contributed by atoms with Crippen LogP contribution in [0.1, 0.15) is 43.0 Å². The maximum absolute atomic E-state index is 13.4. The minimum Gasteiger partial charge on any atom is -0.395 e. The largest absolute Gasteiger partial charge is 0.395 e. The summed E-state index contributed by atoms with van der Waals surface area (Å²) in [6.45, 7) is 3.16. The second kappa shape index (κ2) is 10.9. The second-order valence-electron chi connectivity index (χ2n) is 9.90. The number of rotatable bonds is 6. The summed E-state index contributed by atoms with van der Waals surface area (Å²) < 4.78 is 26.7. The van der Waals surface area contributed by atoms with Gasteiger partial charge in [-0.05, 0) is 80.6 Å². The van der Waals surface area contributed by atoms with E-state index in [4.69, 9.17) is 4.98 Å². The van der Waals surface area contributed by atoms with Crippen molar-refractivity contribution < 1.29 is 18.7 Å². The lowest BCUT2D eigenvalue weighted by Gasteiger charge is -2.43. The van der Waals surface area contributed by atoms with Crippen LogP contribution in [0, 0.1) is 17.6 Å². The maximum Gasteiger partial charge on any atom is 0.246 e. The quantitative estimate of drug-likeness (QED) is 0.501. The average Bonchev–Trinajstić information content (AvgIpc) is 3.32. The number of aliphatic hydroxyl groups is 1. The van der Waals surface area contributed by atoms with E-state index in [2.05, 4.69) is 16.0 Å². The number of hydrogen-bond acceptors (Lipinski definition) is 4. The van der Waals surface area contributed by atoms with E-state index < -0.39 is 11.6 Å². The molecule has 3 heterocycles. The van der Waals surface area contributed by atoms with Gasteiger partial charge in [-0.25, -0.2) is 13.8 Å². The molecule has 2 N–H and O–H groups in total. The number of nitrogens with zero attached hydrogens (tertiary/aromatic N) is 3. The summed E-state index contributed by atoms with van der Waals surface area (Å²) in [5.74, 6) is 0.274. The van der Waals surface area contributed by atoms with Gasteiger partial charge in [0.2, 0.25) is 5.91 Å². The van der Waals surface area contributed by atoms with Gasteiger partial charge in [0, 0.05) is 37.2 Å². The Kier molecular flexibility index (Phi) is 7.43. The molecule has 6 nitrogen and oxygen atoms in total. The fourth-order valence-electron chi connectivity index (χ4n) is 5.68. The number of aromatic amines is 1. The van der Waals surface area contributed by atoms with Crippen LogP contribution in [-0.4, -0.2) is 69.6 Å². The van der Waals surface area contributed by atoms with Crippen molar-refractivity contribution in [2.75, 3.05) is 32.8 Å². The van der Waals surface area contributed by atoms with Crippen molar-refractivity contribution in [3.8, 4) is 0 Å². The van der Waals surface area contributed by atoms with E-state index in [-0.39, 0.29) is 18.6 Å². The zero-order valence-electron chi connectivity index (χ0n) is 20.2. The summed E-state index contributed by atoms with van der Waals surface area (Å²) in [4.78, 5) is 25.0. The van der Waals surface area contributed by atoms with Crippen LogP contribution < -0.4 is 0 Å². The zero-order valence-corrected chi connectivity index (χ0v) is 20.2. The smallest absolute Gasteiger partial charge is 0.246 e. The number of piperidine rings is 2. The summed E-state index contributed by atoms with van der Waals surface area (Å²) in [5.41, 5.74) is 2.40. The van der Waals surface area contributed by atoms with Crippen molar-refractivity contribution in [2.45, 2.75) is 37.6 Å². The number of amides is 1. The predicted octanol–water partition coefficient (Wildman–Crippen LogP) is 4.33. The first-order valence-electron chi connectivity index (χ1n) is 12.7. The van der Waals surface area contributed by atoms with Gasteiger partial charge < -0.3 is 15.0 Å². The van der Waals surface area contributed by atoms with Gasteiger partial charge in [-0.1, -0.05) is 12.1 Å². The molecule has 2 aliphatic rings. The highest BCUT2D eigenvalue weighted by atomic mass is 19.1. The number of H-pyrrole nitrogens is 1. The van der Waals surface area contributed by atoms with Gasteiger partial charge in [0.05, 0.1) is 17.6 Å². The Labute approximate surface area is 209 Å². The third kappa shape index (κ3) is 5.50. The highest BCUT2D eigenvalue weighted by Gasteiger charge is 2.34. The van der Waals surface area contributed by atoms with Crippen molar-refractivity contribution in [1.82, 2.24) is 19.8 Å². The molecule has 1 unspecified atom stereocenters. The lowest BCUT2D eigenvalue weighted by atomic mass is 9.86. The molecule has 1 aromatic heterocycles. The Morgan fingerprint density at radius 1 is 1.06 bits per heavy atom. The summed E-state index contributed by atoms with van der Waals surface area (Å²) in [6.07, 6.45) is 6.47. The molecule has 2 fully saturated rings. The summed E-state index contributed by atoms with van der Waals surface area (Å²) in [5, 5.41) is 10.2.